The van der Waals surface area contributed by atoms with Crippen LogP contribution in [0.15, 0.2) is 70.3 Å². The number of hydrogen-bond donors (Lipinski definition) is 3. The summed E-state index contributed by atoms with van der Waals surface area (Å²) in [7, 11) is 1.49. The first-order chi connectivity index (χ1) is 20.2. The second-order valence-electron chi connectivity index (χ2n) is 9.87. The number of anilines is 1. The van der Waals surface area contributed by atoms with Crippen LogP contribution in [0.5, 0.6) is 5.75 Å². The van der Waals surface area contributed by atoms with Crippen LogP contribution in [-0.4, -0.2) is 52.2 Å². The van der Waals surface area contributed by atoms with E-state index < -0.39 is 17.3 Å². The lowest BCUT2D eigenvalue weighted by Gasteiger charge is -2.26. The number of hydrogen-bond acceptors (Lipinski definition) is 6. The smallest absolute Gasteiger partial charge is 0.322 e. The van der Waals surface area contributed by atoms with Crippen molar-refractivity contribution in [2.45, 2.75) is 46.1 Å². The van der Waals surface area contributed by atoms with Crippen molar-refractivity contribution in [2.24, 2.45) is 10.7 Å². The number of piperidine rings is 1. The molecule has 0 saturated carbocycles. The maximum absolute atomic E-state index is 14.9. The Labute approximate surface area is 243 Å². The Bertz CT molecular complexity index is 1550. The van der Waals surface area contributed by atoms with Crippen LogP contribution in [0.2, 0.25) is 0 Å². The van der Waals surface area contributed by atoms with Crippen LogP contribution in [-0.2, 0) is 6.54 Å². The lowest BCUT2D eigenvalue weighted by molar-refractivity contribution is 0.102. The van der Waals surface area contributed by atoms with E-state index in [0.29, 0.717) is 31.0 Å². The molecule has 0 aliphatic carbocycles. The number of aromatic nitrogens is 2. The standard InChI is InChI=1S/C30H36FN7O4/c1-4-15-37-20(2)27(29(40)38(37)22-11-7-5-8-12-22)28(39)34-21-13-14-24(23(31)18-21)42-25(32)19-26(33-3)35-30(41)36-16-9-6-10-17-36/h5,7-8,11-14,18-19H,4,6,9-10,15-17,32H2,1-3H3,(H,34,39)(H,33,35,41). The van der Waals surface area contributed by atoms with E-state index in [0.717, 1.165) is 31.7 Å². The van der Waals surface area contributed by atoms with E-state index >= 15 is 0 Å². The average molecular weight is 578 g/mol. The van der Waals surface area contributed by atoms with Gasteiger partial charge in [0.05, 0.1) is 11.4 Å². The van der Waals surface area contributed by atoms with E-state index in [1.54, 1.807) is 28.6 Å². The molecule has 0 spiro atoms. The van der Waals surface area contributed by atoms with Crippen LogP contribution >= 0.6 is 0 Å². The summed E-state index contributed by atoms with van der Waals surface area (Å²) in [4.78, 5) is 44.7. The summed E-state index contributed by atoms with van der Waals surface area (Å²) in [6.07, 6.45) is 5.02. The van der Waals surface area contributed by atoms with E-state index in [1.165, 1.54) is 29.9 Å². The molecule has 1 aromatic heterocycles. The highest BCUT2D eigenvalue weighted by Gasteiger charge is 2.24. The number of aliphatic imine (C=N–C) groups is 1. The lowest BCUT2D eigenvalue weighted by atomic mass is 10.1. The zero-order chi connectivity index (χ0) is 30.2. The van der Waals surface area contributed by atoms with Crippen molar-refractivity contribution in [1.29, 1.82) is 0 Å². The summed E-state index contributed by atoms with van der Waals surface area (Å²) in [6, 6.07) is 12.6. The van der Waals surface area contributed by atoms with Crippen molar-refractivity contribution in [1.82, 2.24) is 19.6 Å². The Kier molecular flexibility index (Phi) is 9.79. The molecule has 3 aromatic rings. The predicted octanol–water partition coefficient (Wildman–Crippen LogP) is 4.15. The normalized spacial score (nSPS) is 14.0. The topological polar surface area (TPSA) is 136 Å². The molecule has 0 radical (unpaired) electrons. The van der Waals surface area contributed by atoms with Crippen LogP contribution < -0.4 is 26.7 Å². The van der Waals surface area contributed by atoms with Crippen molar-refractivity contribution in [2.75, 3.05) is 25.5 Å². The molecular weight excluding hydrogens is 541 g/mol. The summed E-state index contributed by atoms with van der Waals surface area (Å²) in [5.74, 6) is -1.68. The zero-order valence-corrected chi connectivity index (χ0v) is 24.0. The Balaban J connectivity index is 1.47. The Morgan fingerprint density at radius 2 is 1.83 bits per heavy atom. The van der Waals surface area contributed by atoms with Gasteiger partial charge in [-0.05, 0) is 56.9 Å². The number of para-hydroxylation sites is 1. The SMILES string of the molecule is CCCn1c(C)c(C(=O)Nc2ccc(OC(N)=CC(=NC)NC(=O)N3CCCCC3)c(F)c2)c(=O)n1-c1ccccc1. The van der Waals surface area contributed by atoms with Crippen molar-refractivity contribution in [3.63, 3.8) is 0 Å². The van der Waals surface area contributed by atoms with Gasteiger partial charge in [-0.3, -0.25) is 24.6 Å². The molecule has 0 bridgehead atoms. The van der Waals surface area contributed by atoms with Crippen LogP contribution in [0.3, 0.4) is 0 Å². The summed E-state index contributed by atoms with van der Waals surface area (Å²) in [5, 5.41) is 5.29. The fourth-order valence-corrected chi connectivity index (χ4v) is 4.80. The number of benzene rings is 2. The summed E-state index contributed by atoms with van der Waals surface area (Å²) in [5.41, 5.74) is 6.71. The van der Waals surface area contributed by atoms with E-state index in [9.17, 15) is 18.8 Å². The summed E-state index contributed by atoms with van der Waals surface area (Å²) >= 11 is 0. The van der Waals surface area contributed by atoms with Gasteiger partial charge in [-0.2, -0.15) is 0 Å². The van der Waals surface area contributed by atoms with E-state index in [-0.39, 0.29) is 34.8 Å². The molecule has 0 unspecified atom stereocenters. The number of halogens is 1. The Hall–Kier alpha value is -4.87. The average Bonchev–Trinajstić information content (AvgIpc) is 3.23. The highest BCUT2D eigenvalue weighted by molar-refractivity contribution is 6.05. The number of carbonyl (C=O) groups is 2. The maximum Gasteiger partial charge on any atom is 0.322 e. The molecule has 222 valence electrons. The van der Waals surface area contributed by atoms with Crippen LogP contribution in [0, 0.1) is 12.7 Å². The Morgan fingerprint density at radius 1 is 1.12 bits per heavy atom. The minimum Gasteiger partial charge on any atom is -0.438 e. The number of urea groups is 1. The van der Waals surface area contributed by atoms with Crippen LogP contribution in [0.1, 0.15) is 48.7 Å². The van der Waals surface area contributed by atoms with Gasteiger partial charge >= 0.3 is 6.03 Å². The van der Waals surface area contributed by atoms with E-state index in [1.807, 2.05) is 25.1 Å². The number of ether oxygens (including phenoxy) is 1. The zero-order valence-electron chi connectivity index (χ0n) is 24.0. The third-order valence-corrected chi connectivity index (χ3v) is 6.88. The maximum atomic E-state index is 14.9. The van der Waals surface area contributed by atoms with Gasteiger partial charge in [0.1, 0.15) is 11.4 Å². The fourth-order valence-electron chi connectivity index (χ4n) is 4.80. The number of likely N-dealkylation sites (tertiary alicyclic amines) is 1. The van der Waals surface area contributed by atoms with E-state index in [4.69, 9.17) is 10.5 Å². The van der Waals surface area contributed by atoms with Gasteiger partial charge in [-0.15, -0.1) is 0 Å². The van der Waals surface area contributed by atoms with Crippen molar-refractivity contribution >= 4 is 23.5 Å². The molecule has 1 aliphatic heterocycles. The highest BCUT2D eigenvalue weighted by atomic mass is 19.1. The summed E-state index contributed by atoms with van der Waals surface area (Å²) < 4.78 is 23.6. The molecule has 11 nitrogen and oxygen atoms in total. The first-order valence-corrected chi connectivity index (χ1v) is 13.9. The molecule has 1 saturated heterocycles. The number of carbonyl (C=O) groups excluding carboxylic acids is 2. The molecule has 1 aliphatic rings. The third kappa shape index (κ3) is 6.88. The number of amidine groups is 1. The molecule has 3 amide bonds. The first-order valence-electron chi connectivity index (χ1n) is 13.9. The van der Waals surface area contributed by atoms with Gasteiger partial charge in [0.25, 0.3) is 11.5 Å². The molecule has 1 fully saturated rings. The number of nitrogens with two attached hydrogens (primary N) is 1. The third-order valence-electron chi connectivity index (χ3n) is 6.88. The lowest BCUT2D eigenvalue weighted by Crippen LogP contribution is -2.44. The van der Waals surface area contributed by atoms with Gasteiger partial charge in [-0.1, -0.05) is 25.1 Å². The monoisotopic (exact) mass is 577 g/mol. The highest BCUT2D eigenvalue weighted by Crippen LogP contribution is 2.23. The first kappa shape index (κ1) is 30.1. The molecule has 4 N–H and O–H groups in total. The van der Waals surface area contributed by atoms with Gasteiger partial charge < -0.3 is 20.7 Å². The van der Waals surface area contributed by atoms with Gasteiger partial charge in [-0.25, -0.2) is 13.9 Å². The number of rotatable bonds is 8. The molecular formula is C30H36FN7O4. The van der Waals surface area contributed by atoms with Gasteiger partial charge in [0.15, 0.2) is 17.4 Å². The molecule has 2 heterocycles. The quantitative estimate of drug-likeness (QED) is 0.210. The van der Waals surface area contributed by atoms with Gasteiger partial charge in [0, 0.05) is 44.5 Å². The molecule has 12 heteroatoms. The second-order valence-corrected chi connectivity index (χ2v) is 9.87. The molecule has 0 atom stereocenters. The van der Waals surface area contributed by atoms with Crippen LogP contribution in [0.4, 0.5) is 14.9 Å². The van der Waals surface area contributed by atoms with Crippen molar-refractivity contribution in [3.8, 4) is 11.4 Å². The number of amides is 3. The minimum absolute atomic E-state index is 0.0294. The second kappa shape index (κ2) is 13.7. The van der Waals surface area contributed by atoms with E-state index in [2.05, 4.69) is 15.6 Å². The molecule has 2 aromatic carbocycles. The Morgan fingerprint density at radius 3 is 2.48 bits per heavy atom. The van der Waals surface area contributed by atoms with Crippen molar-refractivity contribution < 1.29 is 18.7 Å². The van der Waals surface area contributed by atoms with Crippen molar-refractivity contribution in [3.05, 3.63) is 87.9 Å². The van der Waals surface area contributed by atoms with Crippen LogP contribution in [0.25, 0.3) is 5.69 Å². The fraction of sp³-hybridized carbons (Fsp3) is 0.333. The van der Waals surface area contributed by atoms with Gasteiger partial charge in [0.2, 0.25) is 0 Å². The molecule has 42 heavy (non-hydrogen) atoms. The predicted molar refractivity (Wildman–Crippen MR) is 160 cm³/mol. The molecule has 4 rings (SSSR count). The number of nitrogens with one attached hydrogen (secondary N) is 2. The largest absolute Gasteiger partial charge is 0.438 e. The summed E-state index contributed by atoms with van der Waals surface area (Å²) in [6.45, 7) is 5.56. The minimum atomic E-state index is -0.793. The number of nitrogens with zero attached hydrogens (tertiary/aromatic N) is 4.